The van der Waals surface area contributed by atoms with Gasteiger partial charge in [0.2, 0.25) is 0 Å². The molecule has 0 aromatic carbocycles. The van der Waals surface area contributed by atoms with Crippen LogP contribution in [0.3, 0.4) is 0 Å². The summed E-state index contributed by atoms with van der Waals surface area (Å²) in [6.07, 6.45) is 7.79. The first-order chi connectivity index (χ1) is 8.29. The molecule has 1 heterocycles. The molecule has 1 N–H and O–H groups in total. The second-order valence-corrected chi connectivity index (χ2v) is 5.73. The third kappa shape index (κ3) is 3.81. The number of ether oxygens (including phenoxy) is 1. The van der Waals surface area contributed by atoms with Crippen molar-refractivity contribution in [1.82, 2.24) is 10.2 Å². The van der Waals surface area contributed by atoms with Crippen LogP contribution in [0.15, 0.2) is 0 Å². The predicted octanol–water partition coefficient (Wildman–Crippen LogP) is 2.16. The fourth-order valence-electron chi connectivity index (χ4n) is 2.96. The van der Waals surface area contributed by atoms with Gasteiger partial charge in [0.05, 0.1) is 6.61 Å². The molecule has 0 spiro atoms. The van der Waals surface area contributed by atoms with Crippen molar-refractivity contribution in [2.75, 3.05) is 26.8 Å². The summed E-state index contributed by atoms with van der Waals surface area (Å²) in [6.45, 7) is 3.04. The maximum absolute atomic E-state index is 5.52. The highest BCUT2D eigenvalue weighted by atomic mass is 32.1. The molecule has 2 aliphatic rings. The maximum Gasteiger partial charge on any atom is 0.169 e. The van der Waals surface area contributed by atoms with Gasteiger partial charge >= 0.3 is 0 Å². The van der Waals surface area contributed by atoms with E-state index in [4.69, 9.17) is 17.0 Å². The maximum atomic E-state index is 5.52. The van der Waals surface area contributed by atoms with Gasteiger partial charge in [-0.25, -0.2) is 0 Å². The van der Waals surface area contributed by atoms with Crippen LogP contribution in [0.2, 0.25) is 0 Å². The summed E-state index contributed by atoms with van der Waals surface area (Å²) in [4.78, 5) is 2.33. The molecule has 4 heteroatoms. The molecule has 1 atom stereocenters. The van der Waals surface area contributed by atoms with Crippen LogP contribution in [-0.4, -0.2) is 42.9 Å². The summed E-state index contributed by atoms with van der Waals surface area (Å²) < 4.78 is 5.25. The number of rotatable bonds is 3. The van der Waals surface area contributed by atoms with Gasteiger partial charge in [0, 0.05) is 26.2 Å². The normalized spacial score (nSPS) is 26.2. The first-order valence-corrected chi connectivity index (χ1v) is 7.25. The van der Waals surface area contributed by atoms with Crippen molar-refractivity contribution < 1.29 is 4.74 Å². The molecule has 1 aliphatic carbocycles. The lowest BCUT2D eigenvalue weighted by atomic mass is 9.99. The zero-order valence-corrected chi connectivity index (χ0v) is 11.6. The van der Waals surface area contributed by atoms with E-state index in [0.29, 0.717) is 12.0 Å². The first kappa shape index (κ1) is 13.1. The number of methoxy groups -OCH3 is 1. The van der Waals surface area contributed by atoms with Gasteiger partial charge in [-0.3, -0.25) is 0 Å². The molecule has 0 amide bonds. The van der Waals surface area contributed by atoms with E-state index in [0.717, 1.165) is 24.8 Å². The molecule has 0 aromatic heterocycles. The number of thiocarbonyl (C=S) groups is 1. The highest BCUT2D eigenvalue weighted by Crippen LogP contribution is 2.20. The monoisotopic (exact) mass is 256 g/mol. The van der Waals surface area contributed by atoms with Crippen LogP contribution >= 0.6 is 12.2 Å². The second-order valence-electron chi connectivity index (χ2n) is 5.34. The molecule has 3 nitrogen and oxygen atoms in total. The van der Waals surface area contributed by atoms with E-state index in [9.17, 15) is 0 Å². The van der Waals surface area contributed by atoms with Crippen molar-refractivity contribution in [3.8, 4) is 0 Å². The largest absolute Gasteiger partial charge is 0.384 e. The minimum Gasteiger partial charge on any atom is -0.384 e. The second kappa shape index (κ2) is 6.55. The molecular weight excluding hydrogens is 232 g/mol. The Morgan fingerprint density at radius 1 is 1.29 bits per heavy atom. The molecular formula is C13H24N2OS. The van der Waals surface area contributed by atoms with Gasteiger partial charge in [0.15, 0.2) is 5.11 Å². The van der Waals surface area contributed by atoms with Gasteiger partial charge in [0.1, 0.15) is 0 Å². The topological polar surface area (TPSA) is 24.5 Å². The standard InChI is InChI=1S/C13H24N2OS/c1-16-10-11-5-4-8-15(9-11)13(17)14-12-6-2-3-7-12/h11-12H,2-10H2,1H3,(H,14,17). The van der Waals surface area contributed by atoms with Gasteiger partial charge < -0.3 is 15.0 Å². The number of nitrogens with one attached hydrogen (secondary N) is 1. The first-order valence-electron chi connectivity index (χ1n) is 6.84. The summed E-state index contributed by atoms with van der Waals surface area (Å²) in [6, 6.07) is 0.630. The van der Waals surface area contributed by atoms with Gasteiger partial charge in [-0.1, -0.05) is 12.8 Å². The molecule has 17 heavy (non-hydrogen) atoms. The van der Waals surface area contributed by atoms with E-state index in [-0.39, 0.29) is 0 Å². The van der Waals surface area contributed by atoms with Crippen LogP contribution in [0.4, 0.5) is 0 Å². The lowest BCUT2D eigenvalue weighted by Crippen LogP contribution is -2.48. The molecule has 2 fully saturated rings. The van der Waals surface area contributed by atoms with E-state index in [1.807, 2.05) is 0 Å². The van der Waals surface area contributed by atoms with Gasteiger partial charge in [-0.05, 0) is 43.8 Å². The summed E-state index contributed by atoms with van der Waals surface area (Å²) in [5.41, 5.74) is 0. The van der Waals surface area contributed by atoms with Gasteiger partial charge in [-0.15, -0.1) is 0 Å². The SMILES string of the molecule is COCC1CCCN(C(=S)NC2CCCC2)C1. The van der Waals surface area contributed by atoms with Crippen LogP contribution in [0, 0.1) is 5.92 Å². The molecule has 0 aromatic rings. The van der Waals surface area contributed by atoms with Crippen molar-refractivity contribution in [1.29, 1.82) is 0 Å². The zero-order chi connectivity index (χ0) is 12.1. The fourth-order valence-corrected chi connectivity index (χ4v) is 3.29. The average molecular weight is 256 g/mol. The Labute approximate surface area is 110 Å². The summed E-state index contributed by atoms with van der Waals surface area (Å²) >= 11 is 5.52. The summed E-state index contributed by atoms with van der Waals surface area (Å²) in [7, 11) is 1.79. The number of nitrogens with zero attached hydrogens (tertiary/aromatic N) is 1. The van der Waals surface area contributed by atoms with Crippen molar-refractivity contribution in [2.45, 2.75) is 44.6 Å². The Hall–Kier alpha value is -0.350. The van der Waals surface area contributed by atoms with E-state index in [1.165, 1.54) is 38.5 Å². The molecule has 1 aliphatic heterocycles. The van der Waals surface area contributed by atoms with E-state index < -0.39 is 0 Å². The van der Waals surface area contributed by atoms with Gasteiger partial charge in [0.25, 0.3) is 0 Å². The van der Waals surface area contributed by atoms with Crippen LogP contribution in [-0.2, 0) is 4.74 Å². The number of hydrogen-bond acceptors (Lipinski definition) is 2. The van der Waals surface area contributed by atoms with Crippen molar-refractivity contribution in [3.63, 3.8) is 0 Å². The van der Waals surface area contributed by atoms with Crippen molar-refractivity contribution in [2.24, 2.45) is 5.92 Å². The third-order valence-electron chi connectivity index (χ3n) is 3.89. The third-order valence-corrected chi connectivity index (χ3v) is 4.27. The van der Waals surface area contributed by atoms with Crippen molar-refractivity contribution >= 4 is 17.3 Å². The molecule has 2 rings (SSSR count). The molecule has 98 valence electrons. The molecule has 0 radical (unpaired) electrons. The quantitative estimate of drug-likeness (QED) is 0.782. The summed E-state index contributed by atoms with van der Waals surface area (Å²) in [5.74, 6) is 0.650. The van der Waals surface area contributed by atoms with Crippen LogP contribution < -0.4 is 5.32 Å². The van der Waals surface area contributed by atoms with E-state index >= 15 is 0 Å². The summed E-state index contributed by atoms with van der Waals surface area (Å²) in [5, 5.41) is 4.50. The van der Waals surface area contributed by atoms with Gasteiger partial charge in [-0.2, -0.15) is 0 Å². The highest BCUT2D eigenvalue weighted by Gasteiger charge is 2.23. The fraction of sp³-hybridized carbons (Fsp3) is 0.923. The Balaban J connectivity index is 1.77. The molecule has 1 saturated heterocycles. The highest BCUT2D eigenvalue weighted by molar-refractivity contribution is 7.80. The van der Waals surface area contributed by atoms with E-state index in [2.05, 4.69) is 10.2 Å². The molecule has 1 unspecified atom stereocenters. The minimum atomic E-state index is 0.630. The minimum absolute atomic E-state index is 0.630. The molecule has 1 saturated carbocycles. The number of likely N-dealkylation sites (tertiary alicyclic amines) is 1. The Morgan fingerprint density at radius 3 is 2.76 bits per heavy atom. The van der Waals surface area contributed by atoms with Crippen molar-refractivity contribution in [3.05, 3.63) is 0 Å². The Morgan fingerprint density at radius 2 is 2.06 bits per heavy atom. The smallest absolute Gasteiger partial charge is 0.169 e. The number of hydrogen-bond donors (Lipinski definition) is 1. The molecule has 0 bridgehead atoms. The average Bonchev–Trinajstić information content (AvgIpc) is 2.83. The van der Waals surface area contributed by atoms with E-state index in [1.54, 1.807) is 7.11 Å². The lowest BCUT2D eigenvalue weighted by Gasteiger charge is -2.35. The lowest BCUT2D eigenvalue weighted by molar-refractivity contribution is 0.115. The Kier molecular flexibility index (Phi) is 5.04. The number of piperidine rings is 1. The zero-order valence-electron chi connectivity index (χ0n) is 10.8. The van der Waals surface area contributed by atoms with Crippen LogP contribution in [0.1, 0.15) is 38.5 Å². The Bertz CT molecular complexity index is 252. The van der Waals surface area contributed by atoms with Crippen LogP contribution in [0.25, 0.3) is 0 Å². The predicted molar refractivity (Wildman–Crippen MR) is 74.2 cm³/mol. The van der Waals surface area contributed by atoms with Crippen LogP contribution in [0.5, 0.6) is 0 Å².